The molecule has 0 fully saturated rings. The summed E-state index contributed by atoms with van der Waals surface area (Å²) in [6, 6.07) is 1.62. The first-order valence-electron chi connectivity index (χ1n) is 6.74. The number of hydrogen-bond acceptors (Lipinski definition) is 5. The summed E-state index contributed by atoms with van der Waals surface area (Å²) in [5.41, 5.74) is 6.96. The maximum absolute atomic E-state index is 12.0. The summed E-state index contributed by atoms with van der Waals surface area (Å²) in [5.74, 6) is 0. The Morgan fingerprint density at radius 1 is 1.20 bits per heavy atom. The molecule has 0 radical (unpaired) electrons. The second-order valence-electron chi connectivity index (χ2n) is 4.48. The zero-order valence-electron chi connectivity index (χ0n) is 11.9. The fourth-order valence-electron chi connectivity index (χ4n) is 2.05. The van der Waals surface area contributed by atoms with E-state index in [9.17, 15) is 4.79 Å². The van der Waals surface area contributed by atoms with Gasteiger partial charge in [-0.25, -0.2) is 4.68 Å². The topological polar surface area (TPSA) is 82.0 Å². The summed E-state index contributed by atoms with van der Waals surface area (Å²) < 4.78 is 3.13. The molecule has 0 saturated carbocycles. The van der Waals surface area contributed by atoms with Gasteiger partial charge < -0.3 is 10.6 Å². The average Bonchev–Trinajstić information content (AvgIpc) is 2.85. The lowest BCUT2D eigenvalue weighted by Crippen LogP contribution is -2.28. The van der Waals surface area contributed by atoms with Crippen molar-refractivity contribution in [2.24, 2.45) is 0 Å². The largest absolute Gasteiger partial charge is 0.396 e. The van der Waals surface area contributed by atoms with Gasteiger partial charge in [0.05, 0.1) is 36.9 Å². The third-order valence-corrected chi connectivity index (χ3v) is 3.18. The van der Waals surface area contributed by atoms with Gasteiger partial charge in [-0.1, -0.05) is 0 Å². The Labute approximate surface area is 117 Å². The molecule has 0 saturated heterocycles. The zero-order valence-corrected chi connectivity index (χ0v) is 11.9. The van der Waals surface area contributed by atoms with Crippen LogP contribution in [0.25, 0.3) is 0 Å². The van der Waals surface area contributed by atoms with Gasteiger partial charge in [0.15, 0.2) is 0 Å². The molecule has 0 bridgehead atoms. The van der Waals surface area contributed by atoms with Crippen LogP contribution in [0.2, 0.25) is 0 Å². The quantitative estimate of drug-likeness (QED) is 0.834. The normalized spacial score (nSPS) is 10.7. The van der Waals surface area contributed by atoms with E-state index in [1.165, 1.54) is 4.68 Å². The van der Waals surface area contributed by atoms with Crippen LogP contribution in [0.3, 0.4) is 0 Å². The average molecular weight is 276 g/mol. The van der Waals surface area contributed by atoms with Crippen molar-refractivity contribution in [3.63, 3.8) is 0 Å². The van der Waals surface area contributed by atoms with Gasteiger partial charge in [-0.2, -0.15) is 10.2 Å². The highest BCUT2D eigenvalue weighted by Gasteiger charge is 2.05. The second-order valence-corrected chi connectivity index (χ2v) is 4.48. The molecule has 0 amide bonds. The predicted octanol–water partition coefficient (Wildman–Crippen LogP) is 0.568. The lowest BCUT2D eigenvalue weighted by atomic mass is 10.4. The summed E-state index contributed by atoms with van der Waals surface area (Å²) in [7, 11) is 0. The minimum Gasteiger partial charge on any atom is -0.396 e. The Hall–Kier alpha value is -2.31. The van der Waals surface area contributed by atoms with Crippen molar-refractivity contribution in [1.82, 2.24) is 19.6 Å². The molecule has 0 aliphatic carbocycles. The van der Waals surface area contributed by atoms with E-state index < -0.39 is 0 Å². The summed E-state index contributed by atoms with van der Waals surface area (Å²) >= 11 is 0. The summed E-state index contributed by atoms with van der Waals surface area (Å²) in [4.78, 5) is 14.1. The van der Waals surface area contributed by atoms with E-state index in [-0.39, 0.29) is 5.56 Å². The van der Waals surface area contributed by atoms with Crippen molar-refractivity contribution in [1.29, 1.82) is 0 Å². The fourth-order valence-corrected chi connectivity index (χ4v) is 2.05. The summed E-state index contributed by atoms with van der Waals surface area (Å²) in [6.07, 6.45) is 5.04. The Balaban J connectivity index is 2.08. The van der Waals surface area contributed by atoms with E-state index in [1.807, 2.05) is 0 Å². The number of nitrogen functional groups attached to an aromatic ring is 1. The zero-order chi connectivity index (χ0) is 14.5. The molecule has 0 spiro atoms. The van der Waals surface area contributed by atoms with Crippen molar-refractivity contribution >= 4 is 11.4 Å². The van der Waals surface area contributed by atoms with Crippen LogP contribution in [-0.2, 0) is 13.1 Å². The van der Waals surface area contributed by atoms with Crippen LogP contribution in [0.1, 0.15) is 13.8 Å². The van der Waals surface area contributed by atoms with E-state index in [4.69, 9.17) is 5.73 Å². The lowest BCUT2D eigenvalue weighted by molar-refractivity contribution is 0.482. The van der Waals surface area contributed by atoms with Crippen molar-refractivity contribution in [3.05, 3.63) is 35.0 Å². The highest BCUT2D eigenvalue weighted by Crippen LogP contribution is 2.08. The molecule has 2 heterocycles. The highest BCUT2D eigenvalue weighted by molar-refractivity contribution is 5.42. The summed E-state index contributed by atoms with van der Waals surface area (Å²) in [6.45, 7) is 6.85. The smallest absolute Gasteiger partial charge is 0.268 e. The van der Waals surface area contributed by atoms with E-state index in [0.29, 0.717) is 18.8 Å². The van der Waals surface area contributed by atoms with Gasteiger partial charge in [-0.05, 0) is 13.8 Å². The van der Waals surface area contributed by atoms with E-state index in [0.717, 1.165) is 18.8 Å². The van der Waals surface area contributed by atoms with E-state index in [2.05, 4.69) is 28.9 Å². The molecular weight excluding hydrogens is 256 g/mol. The number of aromatic nitrogens is 4. The molecule has 0 aliphatic rings. The number of nitrogens with two attached hydrogens (primary N) is 1. The second kappa shape index (κ2) is 6.23. The molecule has 0 atom stereocenters. The molecular formula is C13H20N6O. The van der Waals surface area contributed by atoms with Crippen molar-refractivity contribution in [2.45, 2.75) is 26.9 Å². The lowest BCUT2D eigenvalue weighted by Gasteiger charge is -2.20. The van der Waals surface area contributed by atoms with Crippen molar-refractivity contribution in [3.8, 4) is 0 Å². The maximum Gasteiger partial charge on any atom is 0.268 e. The standard InChI is InChI=1S/C13H20N6O/c1-3-17(4-2)12-7-13(20)19(16-9-12)6-5-18-10-11(14)8-15-18/h7-10H,3-6,14H2,1-2H3. The Morgan fingerprint density at radius 2 is 1.95 bits per heavy atom. The molecule has 108 valence electrons. The Morgan fingerprint density at radius 3 is 2.50 bits per heavy atom. The fraction of sp³-hybridized carbons (Fsp3) is 0.462. The van der Waals surface area contributed by atoms with Crippen LogP contribution >= 0.6 is 0 Å². The number of hydrogen-bond donors (Lipinski definition) is 1. The first-order chi connectivity index (χ1) is 9.63. The minimum atomic E-state index is -0.102. The van der Waals surface area contributed by atoms with Crippen LogP contribution < -0.4 is 16.2 Å². The minimum absolute atomic E-state index is 0.102. The molecule has 2 aromatic rings. The molecule has 7 nitrogen and oxygen atoms in total. The number of aryl methyl sites for hydroxylation is 2. The van der Waals surface area contributed by atoms with Crippen molar-refractivity contribution < 1.29 is 0 Å². The molecule has 2 N–H and O–H groups in total. The molecule has 7 heteroatoms. The van der Waals surface area contributed by atoms with Gasteiger partial charge in [0, 0.05) is 25.4 Å². The Bertz CT molecular complexity index is 613. The van der Waals surface area contributed by atoms with Gasteiger partial charge in [-0.15, -0.1) is 0 Å². The van der Waals surface area contributed by atoms with Crippen LogP contribution in [-0.4, -0.2) is 32.7 Å². The van der Waals surface area contributed by atoms with Crippen LogP contribution in [0, 0.1) is 0 Å². The SMILES string of the molecule is CCN(CC)c1cnn(CCn2cc(N)cn2)c(=O)c1. The number of nitrogens with zero attached hydrogens (tertiary/aromatic N) is 5. The van der Waals surface area contributed by atoms with E-state index >= 15 is 0 Å². The molecule has 0 aromatic carbocycles. The van der Waals surface area contributed by atoms with Crippen LogP contribution in [0.5, 0.6) is 0 Å². The predicted molar refractivity (Wildman–Crippen MR) is 78.7 cm³/mol. The van der Waals surface area contributed by atoms with Crippen molar-refractivity contribution in [2.75, 3.05) is 23.7 Å². The highest BCUT2D eigenvalue weighted by atomic mass is 16.1. The van der Waals surface area contributed by atoms with Gasteiger partial charge in [0.1, 0.15) is 0 Å². The molecule has 2 aromatic heterocycles. The number of anilines is 2. The van der Waals surface area contributed by atoms with E-state index in [1.54, 1.807) is 29.3 Å². The molecule has 0 aliphatic heterocycles. The Kier molecular flexibility index (Phi) is 4.39. The van der Waals surface area contributed by atoms with Gasteiger partial charge in [0.25, 0.3) is 5.56 Å². The third kappa shape index (κ3) is 3.17. The number of rotatable bonds is 6. The van der Waals surface area contributed by atoms with Gasteiger partial charge in [0.2, 0.25) is 0 Å². The maximum atomic E-state index is 12.0. The third-order valence-electron chi connectivity index (χ3n) is 3.18. The first-order valence-corrected chi connectivity index (χ1v) is 6.74. The monoisotopic (exact) mass is 276 g/mol. The first kappa shape index (κ1) is 14.1. The van der Waals surface area contributed by atoms with Crippen LogP contribution in [0.4, 0.5) is 11.4 Å². The summed E-state index contributed by atoms with van der Waals surface area (Å²) in [5, 5.41) is 8.28. The molecule has 0 unspecified atom stereocenters. The molecule has 2 rings (SSSR count). The van der Waals surface area contributed by atoms with Crippen LogP contribution in [0.15, 0.2) is 29.5 Å². The van der Waals surface area contributed by atoms with Gasteiger partial charge >= 0.3 is 0 Å². The van der Waals surface area contributed by atoms with Gasteiger partial charge in [-0.3, -0.25) is 9.48 Å². The molecule has 20 heavy (non-hydrogen) atoms.